The average molecular weight is 276 g/mol. The lowest BCUT2D eigenvalue weighted by atomic mass is 10.2. The minimum atomic E-state index is -1.17. The number of rotatable bonds is 6. The van der Waals surface area contributed by atoms with Gasteiger partial charge in [-0.3, -0.25) is 0 Å². The van der Waals surface area contributed by atoms with E-state index in [0.29, 0.717) is 12.3 Å². The van der Waals surface area contributed by atoms with Gasteiger partial charge in [-0.05, 0) is 17.7 Å². The van der Waals surface area contributed by atoms with Crippen molar-refractivity contribution < 1.29 is 19.4 Å². The maximum Gasteiger partial charge on any atom is 0.327 e. The van der Waals surface area contributed by atoms with Crippen LogP contribution in [0.25, 0.3) is 0 Å². The van der Waals surface area contributed by atoms with E-state index in [4.69, 9.17) is 16.3 Å². The standard InChI is InChI=1S/C14H16N2O4/c1-3-5-12(13(17)18)16-14(19)15-11-7-4-6-10(8-11)9-20-2/h1,4,6-8,12H,5,9H2,2H3,(H,17,18)(H2,15,16,19). The van der Waals surface area contributed by atoms with Gasteiger partial charge >= 0.3 is 12.0 Å². The number of carboxylic acid groups (broad SMARTS) is 1. The Kier molecular flexibility index (Phi) is 6.07. The van der Waals surface area contributed by atoms with Gasteiger partial charge in [-0.1, -0.05) is 12.1 Å². The van der Waals surface area contributed by atoms with Gasteiger partial charge in [0.2, 0.25) is 0 Å². The molecule has 0 heterocycles. The number of nitrogens with one attached hydrogen (secondary N) is 2. The molecule has 0 aliphatic heterocycles. The summed E-state index contributed by atoms with van der Waals surface area (Å²) in [7, 11) is 1.57. The fraction of sp³-hybridized carbons (Fsp3) is 0.286. The van der Waals surface area contributed by atoms with Gasteiger partial charge < -0.3 is 20.5 Å². The van der Waals surface area contributed by atoms with Crippen LogP contribution >= 0.6 is 0 Å². The van der Waals surface area contributed by atoms with Crippen LogP contribution in [0.5, 0.6) is 0 Å². The molecule has 106 valence electrons. The van der Waals surface area contributed by atoms with Gasteiger partial charge in [-0.25, -0.2) is 9.59 Å². The lowest BCUT2D eigenvalue weighted by molar-refractivity contribution is -0.139. The van der Waals surface area contributed by atoms with Crippen LogP contribution in [0.1, 0.15) is 12.0 Å². The van der Waals surface area contributed by atoms with Crippen molar-refractivity contribution in [2.24, 2.45) is 0 Å². The quantitative estimate of drug-likeness (QED) is 0.686. The third kappa shape index (κ3) is 5.00. The van der Waals surface area contributed by atoms with Gasteiger partial charge in [0, 0.05) is 19.2 Å². The number of carboxylic acids is 1. The van der Waals surface area contributed by atoms with Crippen molar-refractivity contribution in [3.63, 3.8) is 0 Å². The largest absolute Gasteiger partial charge is 0.480 e. The predicted molar refractivity (Wildman–Crippen MR) is 74.2 cm³/mol. The van der Waals surface area contributed by atoms with E-state index >= 15 is 0 Å². The predicted octanol–water partition coefficient (Wildman–Crippen LogP) is 1.43. The van der Waals surface area contributed by atoms with Gasteiger partial charge in [-0.15, -0.1) is 12.3 Å². The van der Waals surface area contributed by atoms with Crippen LogP contribution in [0.4, 0.5) is 10.5 Å². The van der Waals surface area contributed by atoms with Crippen LogP contribution in [0, 0.1) is 12.3 Å². The second-order valence-corrected chi connectivity index (χ2v) is 4.03. The van der Waals surface area contributed by atoms with Crippen molar-refractivity contribution in [2.45, 2.75) is 19.1 Å². The first kappa shape index (κ1) is 15.5. The minimum absolute atomic E-state index is 0.0769. The highest BCUT2D eigenvalue weighted by molar-refractivity contribution is 5.92. The summed E-state index contributed by atoms with van der Waals surface area (Å²) in [6.45, 7) is 0.423. The molecule has 0 aromatic heterocycles. The summed E-state index contributed by atoms with van der Waals surface area (Å²) < 4.78 is 4.99. The monoisotopic (exact) mass is 276 g/mol. The third-order valence-corrected chi connectivity index (χ3v) is 2.42. The van der Waals surface area contributed by atoms with E-state index in [-0.39, 0.29) is 6.42 Å². The lowest BCUT2D eigenvalue weighted by Gasteiger charge is -2.13. The molecule has 2 amide bonds. The van der Waals surface area contributed by atoms with Crippen LogP contribution in [0.3, 0.4) is 0 Å². The topological polar surface area (TPSA) is 87.7 Å². The fourth-order valence-corrected chi connectivity index (χ4v) is 1.55. The first-order chi connectivity index (χ1) is 9.56. The van der Waals surface area contributed by atoms with Crippen molar-refractivity contribution in [3.8, 4) is 12.3 Å². The Bertz CT molecular complexity index is 522. The Morgan fingerprint density at radius 3 is 2.85 bits per heavy atom. The maximum absolute atomic E-state index is 11.7. The Morgan fingerprint density at radius 1 is 1.50 bits per heavy atom. The number of methoxy groups -OCH3 is 1. The van der Waals surface area contributed by atoms with E-state index in [0.717, 1.165) is 5.56 Å². The van der Waals surface area contributed by atoms with E-state index in [1.807, 2.05) is 6.07 Å². The summed E-state index contributed by atoms with van der Waals surface area (Å²) in [6, 6.07) is 5.31. The second kappa shape index (κ2) is 7.81. The van der Waals surface area contributed by atoms with E-state index in [2.05, 4.69) is 16.6 Å². The summed E-state index contributed by atoms with van der Waals surface area (Å²) in [5.41, 5.74) is 1.44. The number of urea groups is 1. The molecule has 1 rings (SSSR count). The molecule has 0 saturated carbocycles. The molecule has 6 nitrogen and oxygen atoms in total. The number of aliphatic carboxylic acids is 1. The number of hydrogen-bond acceptors (Lipinski definition) is 3. The SMILES string of the molecule is C#CCC(NC(=O)Nc1cccc(COC)c1)C(=O)O. The smallest absolute Gasteiger partial charge is 0.327 e. The Morgan fingerprint density at radius 2 is 2.25 bits per heavy atom. The molecule has 6 heteroatoms. The summed E-state index contributed by atoms with van der Waals surface area (Å²) in [4.78, 5) is 22.5. The summed E-state index contributed by atoms with van der Waals surface area (Å²) in [6.07, 6.45) is 4.97. The number of carbonyl (C=O) groups is 2. The molecule has 0 aliphatic rings. The molecule has 1 atom stereocenters. The average Bonchev–Trinajstić information content (AvgIpc) is 2.38. The van der Waals surface area contributed by atoms with Crippen molar-refractivity contribution in [1.82, 2.24) is 5.32 Å². The molecule has 0 spiro atoms. The molecule has 0 bridgehead atoms. The number of hydrogen-bond donors (Lipinski definition) is 3. The lowest BCUT2D eigenvalue weighted by Crippen LogP contribution is -2.42. The van der Waals surface area contributed by atoms with Crippen LogP contribution in [-0.4, -0.2) is 30.3 Å². The molecule has 0 radical (unpaired) electrons. The number of anilines is 1. The van der Waals surface area contributed by atoms with Gasteiger partial charge in [0.15, 0.2) is 0 Å². The molecular formula is C14H16N2O4. The zero-order chi connectivity index (χ0) is 15.0. The number of carbonyl (C=O) groups excluding carboxylic acids is 1. The first-order valence-electron chi connectivity index (χ1n) is 5.88. The number of terminal acetylenes is 1. The second-order valence-electron chi connectivity index (χ2n) is 4.03. The van der Waals surface area contributed by atoms with E-state index < -0.39 is 18.0 Å². The van der Waals surface area contributed by atoms with Gasteiger partial charge in [0.1, 0.15) is 6.04 Å². The van der Waals surface area contributed by atoms with Crippen LogP contribution in [-0.2, 0) is 16.1 Å². The highest BCUT2D eigenvalue weighted by atomic mass is 16.5. The van der Waals surface area contributed by atoms with Crippen molar-refractivity contribution in [1.29, 1.82) is 0 Å². The number of benzene rings is 1. The summed E-state index contributed by atoms with van der Waals surface area (Å²) >= 11 is 0. The summed E-state index contributed by atoms with van der Waals surface area (Å²) in [5, 5.41) is 13.7. The van der Waals surface area contributed by atoms with Crippen LogP contribution in [0.2, 0.25) is 0 Å². The zero-order valence-electron chi connectivity index (χ0n) is 11.1. The highest BCUT2D eigenvalue weighted by Crippen LogP contribution is 2.11. The van der Waals surface area contributed by atoms with E-state index in [1.54, 1.807) is 25.3 Å². The maximum atomic E-state index is 11.7. The van der Waals surface area contributed by atoms with Crippen molar-refractivity contribution in [2.75, 3.05) is 12.4 Å². The number of ether oxygens (including phenoxy) is 1. The van der Waals surface area contributed by atoms with Crippen LogP contribution < -0.4 is 10.6 Å². The zero-order valence-corrected chi connectivity index (χ0v) is 11.1. The molecule has 1 aromatic carbocycles. The minimum Gasteiger partial charge on any atom is -0.480 e. The number of amides is 2. The van der Waals surface area contributed by atoms with Crippen LogP contribution in [0.15, 0.2) is 24.3 Å². The molecule has 20 heavy (non-hydrogen) atoms. The molecule has 0 saturated heterocycles. The van der Waals surface area contributed by atoms with Crippen molar-refractivity contribution in [3.05, 3.63) is 29.8 Å². The van der Waals surface area contributed by atoms with E-state index in [1.165, 1.54) is 0 Å². The van der Waals surface area contributed by atoms with Gasteiger partial charge in [0.25, 0.3) is 0 Å². The normalized spacial score (nSPS) is 11.2. The molecule has 0 aliphatic carbocycles. The Labute approximate surface area is 117 Å². The van der Waals surface area contributed by atoms with Crippen molar-refractivity contribution >= 4 is 17.7 Å². The molecule has 1 aromatic rings. The molecule has 0 fully saturated rings. The fourth-order valence-electron chi connectivity index (χ4n) is 1.55. The van der Waals surface area contributed by atoms with Gasteiger partial charge in [0.05, 0.1) is 6.61 Å². The van der Waals surface area contributed by atoms with E-state index in [9.17, 15) is 9.59 Å². The summed E-state index contributed by atoms with van der Waals surface area (Å²) in [5.74, 6) is 1.03. The highest BCUT2D eigenvalue weighted by Gasteiger charge is 2.18. The third-order valence-electron chi connectivity index (χ3n) is 2.42. The van der Waals surface area contributed by atoms with Gasteiger partial charge in [-0.2, -0.15) is 0 Å². The molecular weight excluding hydrogens is 260 g/mol. The Hall–Kier alpha value is -2.52. The first-order valence-corrected chi connectivity index (χ1v) is 5.88. The molecule has 1 unspecified atom stereocenters. The Balaban J connectivity index is 2.63. The molecule has 3 N–H and O–H groups in total.